The molecule has 0 unspecified atom stereocenters. The minimum atomic E-state index is -0.477. The molecule has 7 nitrogen and oxygen atoms in total. The lowest BCUT2D eigenvalue weighted by Gasteiger charge is -2.27. The molecule has 0 fully saturated rings. The van der Waals surface area contributed by atoms with Gasteiger partial charge >= 0.3 is 5.69 Å². The summed E-state index contributed by atoms with van der Waals surface area (Å²) >= 11 is 0. The summed E-state index contributed by atoms with van der Waals surface area (Å²) in [6, 6.07) is 5.56. The van der Waals surface area contributed by atoms with Crippen molar-refractivity contribution in [1.29, 1.82) is 0 Å². The molecule has 26 heavy (non-hydrogen) atoms. The molecule has 0 bridgehead atoms. The van der Waals surface area contributed by atoms with Crippen LogP contribution in [0.15, 0.2) is 30.6 Å². The molecule has 0 aliphatic heterocycles. The number of nitrogens with zero attached hydrogens (tertiary/aromatic N) is 4. The molecule has 0 atom stereocenters. The highest BCUT2D eigenvalue weighted by molar-refractivity contribution is 5.74. The van der Waals surface area contributed by atoms with Crippen LogP contribution in [0.2, 0.25) is 0 Å². The second kappa shape index (κ2) is 8.55. The van der Waals surface area contributed by atoms with Gasteiger partial charge in [0, 0.05) is 18.8 Å². The summed E-state index contributed by atoms with van der Waals surface area (Å²) in [7, 11) is 0. The minimum absolute atomic E-state index is 0.0871. The van der Waals surface area contributed by atoms with Crippen LogP contribution in [0.3, 0.4) is 0 Å². The van der Waals surface area contributed by atoms with Gasteiger partial charge < -0.3 is 10.2 Å². The van der Waals surface area contributed by atoms with Crippen LogP contribution in [0.4, 0.5) is 27.4 Å². The highest BCUT2D eigenvalue weighted by Gasteiger charge is 2.28. The van der Waals surface area contributed by atoms with Crippen LogP contribution >= 0.6 is 0 Å². The van der Waals surface area contributed by atoms with Gasteiger partial charge in [0.05, 0.1) is 4.92 Å². The first-order valence-electron chi connectivity index (χ1n) is 8.54. The zero-order chi connectivity index (χ0) is 19.3. The molecule has 0 amide bonds. The molecule has 0 spiro atoms. The van der Waals surface area contributed by atoms with Gasteiger partial charge in [0.15, 0.2) is 0 Å². The van der Waals surface area contributed by atoms with Gasteiger partial charge in [-0.2, -0.15) is 0 Å². The molecule has 8 heteroatoms. The van der Waals surface area contributed by atoms with Crippen LogP contribution in [0.25, 0.3) is 0 Å². The maximum Gasteiger partial charge on any atom is 0.353 e. The summed E-state index contributed by atoms with van der Waals surface area (Å²) < 4.78 is 13.1. The van der Waals surface area contributed by atoms with Crippen molar-refractivity contribution in [1.82, 2.24) is 9.97 Å². The smallest absolute Gasteiger partial charge is 0.350 e. The Kier molecular flexibility index (Phi) is 6.43. The first kappa shape index (κ1) is 19.6. The number of hydrogen-bond donors (Lipinski definition) is 1. The van der Waals surface area contributed by atoms with Gasteiger partial charge in [-0.3, -0.25) is 10.1 Å². The van der Waals surface area contributed by atoms with Gasteiger partial charge in [0.25, 0.3) is 0 Å². The first-order chi connectivity index (χ1) is 12.3. The fraction of sp³-hybridized carbons (Fsp3) is 0.444. The number of halogens is 1. The van der Waals surface area contributed by atoms with Gasteiger partial charge in [0.2, 0.25) is 11.6 Å². The summed E-state index contributed by atoms with van der Waals surface area (Å²) in [5.41, 5.74) is 0.330. The molecule has 1 aromatic carbocycles. The fourth-order valence-electron chi connectivity index (χ4n) is 2.66. The first-order valence-corrected chi connectivity index (χ1v) is 8.54. The van der Waals surface area contributed by atoms with E-state index in [9.17, 15) is 14.5 Å². The Hall–Kier alpha value is -2.77. The van der Waals surface area contributed by atoms with E-state index in [-0.39, 0.29) is 23.1 Å². The van der Waals surface area contributed by atoms with Gasteiger partial charge in [-0.1, -0.05) is 27.7 Å². The summed E-state index contributed by atoms with van der Waals surface area (Å²) in [6.07, 6.45) is 1.31. The lowest BCUT2D eigenvalue weighted by molar-refractivity contribution is -0.383. The molecule has 2 aromatic rings. The fourth-order valence-corrected chi connectivity index (χ4v) is 2.66. The zero-order valence-corrected chi connectivity index (χ0v) is 15.4. The van der Waals surface area contributed by atoms with Gasteiger partial charge in [-0.15, -0.1) is 0 Å². The number of anilines is 3. The van der Waals surface area contributed by atoms with Gasteiger partial charge in [0.1, 0.15) is 12.1 Å². The lowest BCUT2D eigenvalue weighted by Crippen LogP contribution is -2.32. The van der Waals surface area contributed by atoms with Crippen LogP contribution in [0.5, 0.6) is 0 Å². The van der Waals surface area contributed by atoms with E-state index >= 15 is 0 Å². The highest BCUT2D eigenvalue weighted by Crippen LogP contribution is 2.34. The van der Waals surface area contributed by atoms with Crippen LogP contribution in [-0.2, 0) is 0 Å². The Bertz CT molecular complexity index is 740. The molecule has 0 aliphatic rings. The molecule has 1 heterocycles. The van der Waals surface area contributed by atoms with Crippen LogP contribution in [0.1, 0.15) is 27.7 Å². The van der Waals surface area contributed by atoms with Crippen molar-refractivity contribution in [3.63, 3.8) is 0 Å². The number of hydrogen-bond acceptors (Lipinski definition) is 6. The number of benzene rings is 1. The molecule has 1 N–H and O–H groups in total. The van der Waals surface area contributed by atoms with Crippen LogP contribution in [0, 0.1) is 27.8 Å². The van der Waals surface area contributed by atoms with Gasteiger partial charge in [-0.25, -0.2) is 14.4 Å². The Morgan fingerprint density at radius 2 is 1.69 bits per heavy atom. The second-order valence-electron chi connectivity index (χ2n) is 6.98. The topological polar surface area (TPSA) is 84.2 Å². The average molecular weight is 361 g/mol. The molecule has 0 saturated carbocycles. The van der Waals surface area contributed by atoms with Crippen molar-refractivity contribution >= 4 is 23.0 Å². The van der Waals surface area contributed by atoms with E-state index in [0.717, 1.165) is 0 Å². The van der Waals surface area contributed by atoms with Crippen molar-refractivity contribution in [2.45, 2.75) is 27.7 Å². The van der Waals surface area contributed by atoms with E-state index in [0.29, 0.717) is 30.6 Å². The number of nitro groups is 1. The van der Waals surface area contributed by atoms with E-state index in [4.69, 9.17) is 0 Å². The summed E-state index contributed by atoms with van der Waals surface area (Å²) in [4.78, 5) is 21.4. The van der Waals surface area contributed by atoms with E-state index in [2.05, 4.69) is 43.0 Å². The molecule has 140 valence electrons. The Morgan fingerprint density at radius 1 is 1.12 bits per heavy atom. The third-order valence-corrected chi connectivity index (χ3v) is 3.56. The molecule has 0 radical (unpaired) electrons. The monoisotopic (exact) mass is 361 g/mol. The minimum Gasteiger partial charge on any atom is -0.350 e. The maximum absolute atomic E-state index is 13.1. The number of aromatic nitrogens is 2. The standard InChI is InChI=1S/C18H24FN5O2/c1-12(2)9-23(10-13(3)4)18-16(24(25)26)17(20-11-21-18)22-15-7-5-14(19)6-8-15/h5-8,11-13H,9-10H2,1-4H3,(H,20,21,22). The lowest BCUT2D eigenvalue weighted by atomic mass is 10.1. The SMILES string of the molecule is CC(C)CN(CC(C)C)c1ncnc(Nc2ccc(F)cc2)c1[N+](=O)[O-]. The molecule has 0 aliphatic carbocycles. The maximum atomic E-state index is 13.1. The molecule has 2 rings (SSSR count). The normalized spacial score (nSPS) is 11.0. The Morgan fingerprint density at radius 3 is 2.19 bits per heavy atom. The van der Waals surface area contributed by atoms with E-state index in [1.54, 1.807) is 0 Å². The molecular weight excluding hydrogens is 337 g/mol. The van der Waals surface area contributed by atoms with E-state index < -0.39 is 4.92 Å². The second-order valence-corrected chi connectivity index (χ2v) is 6.98. The van der Waals surface area contributed by atoms with Crippen molar-refractivity contribution in [2.24, 2.45) is 11.8 Å². The van der Waals surface area contributed by atoms with Gasteiger partial charge in [-0.05, 0) is 36.1 Å². The van der Waals surface area contributed by atoms with Crippen molar-refractivity contribution < 1.29 is 9.31 Å². The van der Waals surface area contributed by atoms with Crippen LogP contribution < -0.4 is 10.2 Å². The summed E-state index contributed by atoms with van der Waals surface area (Å²) in [5, 5.41) is 14.7. The average Bonchev–Trinajstić information content (AvgIpc) is 2.55. The number of rotatable bonds is 8. The Balaban J connectivity index is 2.45. The molecule has 1 aromatic heterocycles. The van der Waals surface area contributed by atoms with E-state index in [1.165, 1.54) is 30.6 Å². The van der Waals surface area contributed by atoms with Crippen molar-refractivity contribution in [3.05, 3.63) is 46.5 Å². The summed E-state index contributed by atoms with van der Waals surface area (Å²) in [6.45, 7) is 9.50. The van der Waals surface area contributed by atoms with Crippen LogP contribution in [-0.4, -0.2) is 28.0 Å². The quantitative estimate of drug-likeness (QED) is 0.555. The molecule has 0 saturated heterocycles. The molecular formula is C18H24FN5O2. The number of nitrogens with one attached hydrogen (secondary N) is 1. The predicted octanol–water partition coefficient (Wildman–Crippen LogP) is 4.39. The van der Waals surface area contributed by atoms with Crippen molar-refractivity contribution in [2.75, 3.05) is 23.3 Å². The Labute approximate surface area is 152 Å². The largest absolute Gasteiger partial charge is 0.353 e. The third-order valence-electron chi connectivity index (χ3n) is 3.56. The highest BCUT2D eigenvalue weighted by atomic mass is 19.1. The third kappa shape index (κ3) is 5.11. The van der Waals surface area contributed by atoms with E-state index in [1.807, 2.05) is 4.90 Å². The zero-order valence-electron chi connectivity index (χ0n) is 15.4. The predicted molar refractivity (Wildman–Crippen MR) is 100 cm³/mol. The summed E-state index contributed by atoms with van der Waals surface area (Å²) in [5.74, 6) is 0.628. The van der Waals surface area contributed by atoms with Crippen molar-refractivity contribution in [3.8, 4) is 0 Å².